The van der Waals surface area contributed by atoms with Crippen molar-refractivity contribution in [1.82, 2.24) is 10.0 Å². The van der Waals surface area contributed by atoms with Gasteiger partial charge in [-0.2, -0.15) is 0 Å². The lowest BCUT2D eigenvalue weighted by Crippen LogP contribution is -2.29. The van der Waals surface area contributed by atoms with Crippen LogP contribution in [0.5, 0.6) is 5.75 Å². The molecule has 0 unspecified atom stereocenters. The van der Waals surface area contributed by atoms with E-state index in [0.717, 1.165) is 6.42 Å². The molecule has 0 aromatic heterocycles. The van der Waals surface area contributed by atoms with E-state index in [9.17, 15) is 13.2 Å². The quantitative estimate of drug-likeness (QED) is 0.617. The van der Waals surface area contributed by atoms with Gasteiger partial charge in [0.05, 0.1) is 13.7 Å². The van der Waals surface area contributed by atoms with Crippen molar-refractivity contribution in [2.24, 2.45) is 5.92 Å². The van der Waals surface area contributed by atoms with Crippen LogP contribution in [0.2, 0.25) is 0 Å². The Morgan fingerprint density at radius 3 is 2.50 bits per heavy atom. The number of nitrogens with one attached hydrogen (secondary N) is 2. The third kappa shape index (κ3) is 6.10. The summed E-state index contributed by atoms with van der Waals surface area (Å²) in [6, 6.07) is 4.33. The van der Waals surface area contributed by atoms with E-state index in [1.165, 1.54) is 32.4 Å². The first-order valence-electron chi connectivity index (χ1n) is 7.76. The Morgan fingerprint density at radius 2 is 1.92 bits per heavy atom. The Morgan fingerprint density at radius 1 is 1.21 bits per heavy atom. The molecule has 0 aliphatic carbocycles. The molecule has 0 saturated carbocycles. The largest absolute Gasteiger partial charge is 0.495 e. The van der Waals surface area contributed by atoms with Gasteiger partial charge in [-0.25, -0.2) is 13.1 Å². The fourth-order valence-corrected chi connectivity index (χ4v) is 3.17. The number of benzene rings is 1. The number of amides is 1. The van der Waals surface area contributed by atoms with Crippen LogP contribution in [0.4, 0.5) is 0 Å². The molecule has 0 heterocycles. The van der Waals surface area contributed by atoms with E-state index in [1.807, 2.05) is 0 Å². The van der Waals surface area contributed by atoms with Gasteiger partial charge in [-0.3, -0.25) is 4.79 Å². The number of carbonyl (C=O) groups is 1. The molecule has 1 aromatic rings. The van der Waals surface area contributed by atoms with Crippen molar-refractivity contribution in [2.75, 3.05) is 33.9 Å². The van der Waals surface area contributed by atoms with Crippen molar-refractivity contribution >= 4 is 15.9 Å². The highest BCUT2D eigenvalue weighted by molar-refractivity contribution is 7.89. The predicted molar refractivity (Wildman–Crippen MR) is 91.8 cm³/mol. The maximum atomic E-state index is 12.4. The number of hydrogen-bond acceptors (Lipinski definition) is 5. The molecule has 136 valence electrons. The van der Waals surface area contributed by atoms with Gasteiger partial charge in [0.25, 0.3) is 5.91 Å². The molecule has 1 rings (SSSR count). The third-order valence-corrected chi connectivity index (χ3v) is 4.80. The zero-order chi connectivity index (χ0) is 18.2. The highest BCUT2D eigenvalue weighted by atomic mass is 32.2. The van der Waals surface area contributed by atoms with Gasteiger partial charge < -0.3 is 14.8 Å². The molecular formula is C16H26N2O5S. The first kappa shape index (κ1) is 20.4. The van der Waals surface area contributed by atoms with E-state index in [1.54, 1.807) is 0 Å². The van der Waals surface area contributed by atoms with Gasteiger partial charge in [-0.1, -0.05) is 13.8 Å². The number of carbonyl (C=O) groups excluding carboxylic acids is 1. The average Bonchev–Trinajstić information content (AvgIpc) is 2.54. The molecule has 0 radical (unpaired) electrons. The van der Waals surface area contributed by atoms with Crippen LogP contribution in [0, 0.1) is 5.92 Å². The van der Waals surface area contributed by atoms with E-state index >= 15 is 0 Å². The van der Waals surface area contributed by atoms with Crippen LogP contribution < -0.4 is 14.8 Å². The minimum Gasteiger partial charge on any atom is -0.495 e. The second-order valence-electron chi connectivity index (χ2n) is 5.69. The summed E-state index contributed by atoms with van der Waals surface area (Å²) >= 11 is 0. The summed E-state index contributed by atoms with van der Waals surface area (Å²) in [7, 11) is -0.936. The monoisotopic (exact) mass is 358 g/mol. The molecule has 0 aliphatic rings. The summed E-state index contributed by atoms with van der Waals surface area (Å²) in [6.45, 7) is 5.05. The Hall–Kier alpha value is -1.64. The molecule has 0 atom stereocenters. The number of ether oxygens (including phenoxy) is 2. The van der Waals surface area contributed by atoms with Gasteiger partial charge in [0.2, 0.25) is 10.0 Å². The lowest BCUT2D eigenvalue weighted by atomic mass is 10.1. The lowest BCUT2D eigenvalue weighted by molar-refractivity contribution is 0.0951. The molecule has 8 heteroatoms. The maximum Gasteiger partial charge on any atom is 0.251 e. The molecule has 7 nitrogen and oxygen atoms in total. The van der Waals surface area contributed by atoms with Crippen molar-refractivity contribution in [3.8, 4) is 5.75 Å². The van der Waals surface area contributed by atoms with Crippen LogP contribution in [0.15, 0.2) is 23.1 Å². The number of rotatable bonds is 10. The second kappa shape index (κ2) is 9.61. The molecule has 24 heavy (non-hydrogen) atoms. The van der Waals surface area contributed by atoms with Crippen LogP contribution >= 0.6 is 0 Å². The third-order valence-electron chi connectivity index (χ3n) is 3.32. The summed E-state index contributed by atoms with van der Waals surface area (Å²) < 4.78 is 37.1. The van der Waals surface area contributed by atoms with Gasteiger partial charge in [0, 0.05) is 25.8 Å². The van der Waals surface area contributed by atoms with Crippen molar-refractivity contribution in [2.45, 2.75) is 25.2 Å². The van der Waals surface area contributed by atoms with Crippen molar-refractivity contribution < 1.29 is 22.7 Å². The number of methoxy groups -OCH3 is 2. The fourth-order valence-electron chi connectivity index (χ4n) is 1.96. The summed E-state index contributed by atoms with van der Waals surface area (Å²) in [6.07, 6.45) is 0.853. The van der Waals surface area contributed by atoms with Crippen molar-refractivity contribution in [1.29, 1.82) is 0 Å². The first-order chi connectivity index (χ1) is 11.3. The summed E-state index contributed by atoms with van der Waals surface area (Å²) in [5.74, 6) is 0.340. The lowest BCUT2D eigenvalue weighted by Gasteiger charge is -2.13. The zero-order valence-electron chi connectivity index (χ0n) is 14.6. The molecule has 0 bridgehead atoms. The summed E-state index contributed by atoms with van der Waals surface area (Å²) in [5, 5.41) is 2.78. The maximum absolute atomic E-state index is 12.4. The Kier molecular flexibility index (Phi) is 8.17. The molecular weight excluding hydrogens is 332 g/mol. The van der Waals surface area contributed by atoms with Gasteiger partial charge in [-0.05, 0) is 30.5 Å². The number of hydrogen-bond donors (Lipinski definition) is 2. The molecule has 0 fully saturated rings. The van der Waals surface area contributed by atoms with Gasteiger partial charge in [-0.15, -0.1) is 0 Å². The first-order valence-corrected chi connectivity index (χ1v) is 9.25. The Labute approximate surface area is 143 Å². The van der Waals surface area contributed by atoms with Crippen LogP contribution in [-0.4, -0.2) is 48.2 Å². The zero-order valence-corrected chi connectivity index (χ0v) is 15.4. The fraction of sp³-hybridized carbons (Fsp3) is 0.562. The highest BCUT2D eigenvalue weighted by Gasteiger charge is 2.21. The Bertz CT molecular complexity index is 644. The molecule has 2 N–H and O–H groups in total. The minimum absolute atomic E-state index is 0.0717. The van der Waals surface area contributed by atoms with E-state index in [4.69, 9.17) is 9.47 Å². The predicted octanol–water partition coefficient (Wildman–Crippen LogP) is 1.40. The summed E-state index contributed by atoms with van der Waals surface area (Å²) in [4.78, 5) is 12.1. The van der Waals surface area contributed by atoms with Crippen molar-refractivity contribution in [3.63, 3.8) is 0 Å². The molecule has 0 aliphatic heterocycles. The van der Waals surface area contributed by atoms with Crippen molar-refractivity contribution in [3.05, 3.63) is 23.8 Å². The summed E-state index contributed by atoms with van der Waals surface area (Å²) in [5.41, 5.74) is 0.270. The van der Waals surface area contributed by atoms with E-state index < -0.39 is 10.0 Å². The molecule has 0 saturated heterocycles. The van der Waals surface area contributed by atoms with Crippen LogP contribution in [-0.2, 0) is 14.8 Å². The number of sulfonamides is 1. The van der Waals surface area contributed by atoms with Crippen LogP contribution in [0.3, 0.4) is 0 Å². The van der Waals surface area contributed by atoms with Gasteiger partial charge >= 0.3 is 0 Å². The normalized spacial score (nSPS) is 11.5. The van der Waals surface area contributed by atoms with E-state index in [-0.39, 0.29) is 35.3 Å². The van der Waals surface area contributed by atoms with Crippen LogP contribution in [0.25, 0.3) is 0 Å². The van der Waals surface area contributed by atoms with Crippen LogP contribution in [0.1, 0.15) is 30.6 Å². The molecule has 0 spiro atoms. The van der Waals surface area contributed by atoms with E-state index in [2.05, 4.69) is 23.9 Å². The topological polar surface area (TPSA) is 93.7 Å². The second-order valence-corrected chi connectivity index (χ2v) is 7.43. The Balaban J connectivity index is 2.97. The van der Waals surface area contributed by atoms with Gasteiger partial charge in [0.1, 0.15) is 10.6 Å². The molecule has 1 amide bonds. The standard InChI is InChI=1S/C16H26N2O5S/c1-12(2)7-8-17-16(19)13-5-6-14(23-4)15(11-13)24(20,21)18-9-10-22-3/h5-6,11-12,18H,7-10H2,1-4H3,(H,17,19). The van der Waals surface area contributed by atoms with Gasteiger partial charge in [0.15, 0.2) is 0 Å². The molecule has 1 aromatic carbocycles. The highest BCUT2D eigenvalue weighted by Crippen LogP contribution is 2.24. The van der Waals surface area contributed by atoms with E-state index in [0.29, 0.717) is 12.5 Å². The minimum atomic E-state index is -3.80. The smallest absolute Gasteiger partial charge is 0.251 e. The average molecular weight is 358 g/mol. The SMILES string of the molecule is COCCNS(=O)(=O)c1cc(C(=O)NCCC(C)C)ccc1OC.